The van der Waals surface area contributed by atoms with Gasteiger partial charge in [-0.2, -0.15) is 0 Å². The fourth-order valence-corrected chi connectivity index (χ4v) is 3.71. The Hall–Kier alpha value is -2.44. The largest absolute Gasteiger partial charge is 0.480 e. The number of hydrogen-bond acceptors (Lipinski definition) is 5. The van der Waals surface area contributed by atoms with E-state index in [0.717, 1.165) is 37.8 Å². The molecule has 2 aliphatic rings. The van der Waals surface area contributed by atoms with Crippen LogP contribution in [0.15, 0.2) is 10.6 Å². The number of pyridine rings is 1. The molecule has 0 aromatic carbocycles. The number of aliphatic carboxylic acids is 1. The van der Waals surface area contributed by atoms with Gasteiger partial charge in [-0.05, 0) is 38.7 Å². The van der Waals surface area contributed by atoms with Crippen LogP contribution in [-0.4, -0.2) is 32.7 Å². The summed E-state index contributed by atoms with van der Waals surface area (Å²) in [4.78, 5) is 29.3. The highest BCUT2D eigenvalue weighted by Gasteiger charge is 2.41. The zero-order valence-electron chi connectivity index (χ0n) is 14.2. The molecule has 2 N–H and O–H groups in total. The van der Waals surface area contributed by atoms with Gasteiger partial charge in [-0.25, -0.2) is 9.78 Å². The minimum atomic E-state index is -1.18. The van der Waals surface area contributed by atoms with Crippen molar-refractivity contribution in [1.82, 2.24) is 15.5 Å². The number of amides is 1. The van der Waals surface area contributed by atoms with E-state index in [1.165, 1.54) is 0 Å². The van der Waals surface area contributed by atoms with Gasteiger partial charge in [0.2, 0.25) is 0 Å². The Morgan fingerprint density at radius 1 is 1.28 bits per heavy atom. The van der Waals surface area contributed by atoms with Crippen molar-refractivity contribution >= 4 is 23.0 Å². The number of carbonyl (C=O) groups is 2. The number of rotatable bonds is 4. The zero-order chi connectivity index (χ0) is 17.6. The van der Waals surface area contributed by atoms with E-state index in [4.69, 9.17) is 4.52 Å². The average molecular weight is 343 g/mol. The SMILES string of the molecule is Cc1noc2nc(C3CC3)cc(C(=O)NC3(C(=O)O)CCCCC3)c12. The van der Waals surface area contributed by atoms with Crippen LogP contribution in [0.25, 0.3) is 11.1 Å². The summed E-state index contributed by atoms with van der Waals surface area (Å²) in [5.74, 6) is -0.996. The topological polar surface area (TPSA) is 105 Å². The minimum Gasteiger partial charge on any atom is -0.480 e. The van der Waals surface area contributed by atoms with Crippen LogP contribution in [-0.2, 0) is 4.79 Å². The van der Waals surface area contributed by atoms with Gasteiger partial charge in [-0.3, -0.25) is 4.79 Å². The molecule has 132 valence electrons. The van der Waals surface area contributed by atoms with Gasteiger partial charge in [0, 0.05) is 11.6 Å². The molecule has 4 rings (SSSR count). The van der Waals surface area contributed by atoms with E-state index in [0.29, 0.717) is 41.1 Å². The molecule has 2 aromatic heterocycles. The highest BCUT2D eigenvalue weighted by Crippen LogP contribution is 2.40. The second-order valence-electron chi connectivity index (χ2n) is 7.22. The van der Waals surface area contributed by atoms with Crippen molar-refractivity contribution in [1.29, 1.82) is 0 Å². The summed E-state index contributed by atoms with van der Waals surface area (Å²) in [7, 11) is 0. The fraction of sp³-hybridized carbons (Fsp3) is 0.556. The molecule has 7 nitrogen and oxygen atoms in total. The van der Waals surface area contributed by atoms with Crippen LogP contribution >= 0.6 is 0 Å². The summed E-state index contributed by atoms with van der Waals surface area (Å²) in [5, 5.41) is 17.0. The molecule has 1 amide bonds. The van der Waals surface area contributed by atoms with Crippen molar-refractivity contribution in [2.24, 2.45) is 0 Å². The van der Waals surface area contributed by atoms with Gasteiger partial charge in [0.25, 0.3) is 11.6 Å². The zero-order valence-corrected chi connectivity index (χ0v) is 14.2. The Morgan fingerprint density at radius 2 is 2.00 bits per heavy atom. The first kappa shape index (κ1) is 16.1. The van der Waals surface area contributed by atoms with Gasteiger partial charge in [0.05, 0.1) is 16.6 Å². The molecule has 0 atom stereocenters. The molecule has 2 fully saturated rings. The van der Waals surface area contributed by atoms with Crippen LogP contribution in [0.1, 0.15) is 72.6 Å². The fourth-order valence-electron chi connectivity index (χ4n) is 3.71. The molecule has 0 aliphatic heterocycles. The van der Waals surface area contributed by atoms with Gasteiger partial charge in [0.15, 0.2) is 0 Å². The highest BCUT2D eigenvalue weighted by atomic mass is 16.5. The van der Waals surface area contributed by atoms with Crippen LogP contribution in [0.4, 0.5) is 0 Å². The molecular formula is C18H21N3O4. The second-order valence-corrected chi connectivity index (χ2v) is 7.22. The first-order valence-corrected chi connectivity index (χ1v) is 8.83. The van der Waals surface area contributed by atoms with E-state index in [1.807, 2.05) is 0 Å². The Bertz CT molecular complexity index is 847. The molecule has 2 aromatic rings. The average Bonchev–Trinajstić information content (AvgIpc) is 3.39. The first-order chi connectivity index (χ1) is 12.0. The predicted molar refractivity (Wildman–Crippen MR) is 89.4 cm³/mol. The van der Waals surface area contributed by atoms with Crippen molar-refractivity contribution in [2.75, 3.05) is 0 Å². The van der Waals surface area contributed by atoms with Crippen molar-refractivity contribution in [3.63, 3.8) is 0 Å². The number of aryl methyl sites for hydroxylation is 1. The molecule has 25 heavy (non-hydrogen) atoms. The van der Waals surface area contributed by atoms with Gasteiger partial charge in [-0.1, -0.05) is 24.4 Å². The molecule has 0 bridgehead atoms. The van der Waals surface area contributed by atoms with Crippen LogP contribution < -0.4 is 5.32 Å². The number of carbonyl (C=O) groups excluding carboxylic acids is 1. The van der Waals surface area contributed by atoms with Crippen LogP contribution in [0.3, 0.4) is 0 Å². The molecule has 0 unspecified atom stereocenters. The lowest BCUT2D eigenvalue weighted by Crippen LogP contribution is -2.55. The number of hydrogen-bond donors (Lipinski definition) is 2. The van der Waals surface area contributed by atoms with Crippen LogP contribution in [0.5, 0.6) is 0 Å². The van der Waals surface area contributed by atoms with Crippen LogP contribution in [0, 0.1) is 6.92 Å². The predicted octanol–water partition coefficient (Wildman–Crippen LogP) is 2.93. The van der Waals surface area contributed by atoms with Crippen molar-refractivity contribution in [3.8, 4) is 0 Å². The molecule has 2 saturated carbocycles. The molecule has 2 heterocycles. The maximum Gasteiger partial charge on any atom is 0.329 e. The summed E-state index contributed by atoms with van der Waals surface area (Å²) in [6.07, 6.45) is 5.62. The molecule has 0 radical (unpaired) electrons. The van der Waals surface area contributed by atoms with Gasteiger partial charge in [0.1, 0.15) is 5.54 Å². The smallest absolute Gasteiger partial charge is 0.329 e. The lowest BCUT2D eigenvalue weighted by atomic mass is 9.81. The summed E-state index contributed by atoms with van der Waals surface area (Å²) >= 11 is 0. The molecule has 2 aliphatic carbocycles. The minimum absolute atomic E-state index is 0.347. The lowest BCUT2D eigenvalue weighted by Gasteiger charge is -2.34. The van der Waals surface area contributed by atoms with E-state index < -0.39 is 11.5 Å². The first-order valence-electron chi connectivity index (χ1n) is 8.83. The number of fused-ring (bicyclic) bond motifs is 1. The third-order valence-corrected chi connectivity index (χ3v) is 5.35. The normalized spacial score (nSPS) is 19.7. The van der Waals surface area contributed by atoms with Gasteiger partial charge in [-0.15, -0.1) is 0 Å². The molecule has 7 heteroatoms. The van der Waals surface area contributed by atoms with E-state index in [2.05, 4.69) is 15.5 Å². The number of nitrogens with one attached hydrogen (secondary N) is 1. The van der Waals surface area contributed by atoms with E-state index in [9.17, 15) is 14.7 Å². The van der Waals surface area contributed by atoms with Crippen molar-refractivity contribution in [2.45, 2.75) is 63.3 Å². The number of aromatic nitrogens is 2. The Balaban J connectivity index is 1.73. The Labute approximate surface area is 144 Å². The standard InChI is InChI=1S/C18H21N3O4/c1-10-14-12(9-13(11-5-6-11)19-16(14)25-21-10)15(22)20-18(17(23)24)7-3-2-4-8-18/h9,11H,2-8H2,1H3,(H,20,22)(H,23,24). The maximum atomic E-state index is 13.0. The maximum absolute atomic E-state index is 13.0. The molecule has 0 spiro atoms. The summed E-state index contributed by atoms with van der Waals surface area (Å²) in [6, 6.07) is 1.78. The van der Waals surface area contributed by atoms with E-state index in [1.54, 1.807) is 13.0 Å². The number of nitrogens with zero attached hydrogens (tertiary/aromatic N) is 2. The Kier molecular flexibility index (Phi) is 3.74. The van der Waals surface area contributed by atoms with Crippen molar-refractivity contribution < 1.29 is 19.2 Å². The van der Waals surface area contributed by atoms with E-state index >= 15 is 0 Å². The van der Waals surface area contributed by atoms with Gasteiger partial charge < -0.3 is 14.9 Å². The summed E-state index contributed by atoms with van der Waals surface area (Å²) in [6.45, 7) is 1.76. The quantitative estimate of drug-likeness (QED) is 0.884. The third kappa shape index (κ3) is 2.77. The molecular weight excluding hydrogens is 322 g/mol. The van der Waals surface area contributed by atoms with Gasteiger partial charge >= 0.3 is 5.97 Å². The van der Waals surface area contributed by atoms with Crippen molar-refractivity contribution in [3.05, 3.63) is 23.0 Å². The highest BCUT2D eigenvalue weighted by molar-refractivity contribution is 6.07. The monoisotopic (exact) mass is 343 g/mol. The third-order valence-electron chi connectivity index (χ3n) is 5.35. The number of carboxylic acid groups (broad SMARTS) is 1. The van der Waals surface area contributed by atoms with E-state index in [-0.39, 0.29) is 5.91 Å². The summed E-state index contributed by atoms with van der Waals surface area (Å²) < 4.78 is 5.26. The summed E-state index contributed by atoms with van der Waals surface area (Å²) in [5.41, 5.74) is 0.984. The second kappa shape index (κ2) is 5.82. The van der Waals surface area contributed by atoms with Crippen LogP contribution in [0.2, 0.25) is 0 Å². The Morgan fingerprint density at radius 3 is 2.64 bits per heavy atom. The lowest BCUT2D eigenvalue weighted by molar-refractivity contribution is -0.145. The molecule has 0 saturated heterocycles. The number of carboxylic acids is 1.